The van der Waals surface area contributed by atoms with Gasteiger partial charge in [-0.1, -0.05) is 40.0 Å². The van der Waals surface area contributed by atoms with Gasteiger partial charge in [-0.2, -0.15) is 0 Å². The summed E-state index contributed by atoms with van der Waals surface area (Å²) in [6.07, 6.45) is 19.9. The molecule has 0 saturated carbocycles. The lowest BCUT2D eigenvalue weighted by Gasteiger charge is -2.29. The zero-order valence-electron chi connectivity index (χ0n) is 24.3. The zero-order valence-corrected chi connectivity index (χ0v) is 31.6. The number of hydrogen-bond acceptors (Lipinski definition) is 0. The van der Waals surface area contributed by atoms with Crippen LogP contribution in [-0.4, -0.2) is 80.6 Å². The van der Waals surface area contributed by atoms with Crippen molar-refractivity contribution in [2.75, 3.05) is 71.6 Å². The SMILES string of the molecule is CCCC[S+](CCCCCC[N+](C)(C)CCCC)CCCCCC[N+](C)(C)CCCC.[I-].[I-].[I-]. The molecule has 0 N–H and O–H groups in total. The molecule has 212 valence electrons. The van der Waals surface area contributed by atoms with Gasteiger partial charge >= 0.3 is 0 Å². The van der Waals surface area contributed by atoms with Gasteiger partial charge in [-0.05, 0) is 81.5 Å². The average molecular weight is 841 g/mol. The molecule has 0 fully saturated rings. The predicted octanol–water partition coefficient (Wildman–Crippen LogP) is -1.71. The molecule has 0 heterocycles. The summed E-state index contributed by atoms with van der Waals surface area (Å²) in [6.45, 7) is 12.4. The van der Waals surface area contributed by atoms with Crippen LogP contribution in [0.5, 0.6) is 0 Å². The monoisotopic (exact) mass is 840 g/mol. The van der Waals surface area contributed by atoms with Gasteiger partial charge in [0.2, 0.25) is 0 Å². The number of hydrogen-bond donors (Lipinski definition) is 0. The van der Waals surface area contributed by atoms with E-state index < -0.39 is 0 Å². The van der Waals surface area contributed by atoms with Crippen molar-refractivity contribution in [2.45, 2.75) is 111 Å². The minimum absolute atomic E-state index is 0. The molecule has 0 atom stereocenters. The second-order valence-electron chi connectivity index (χ2n) is 11.4. The maximum atomic E-state index is 2.42. The smallest absolute Gasteiger partial charge is 0.108 e. The summed E-state index contributed by atoms with van der Waals surface area (Å²) in [7, 11) is 10.4. The van der Waals surface area contributed by atoms with Gasteiger partial charge in [0.15, 0.2) is 0 Å². The van der Waals surface area contributed by atoms with Gasteiger partial charge in [-0.15, -0.1) is 0 Å². The number of nitrogens with zero attached hydrogens (tertiary/aromatic N) is 2. The Morgan fingerprint density at radius 3 is 1.03 bits per heavy atom. The minimum Gasteiger partial charge on any atom is -1.00 e. The maximum Gasteiger partial charge on any atom is 0.108 e. The van der Waals surface area contributed by atoms with E-state index in [1.54, 1.807) is 0 Å². The fourth-order valence-corrected chi connectivity index (χ4v) is 6.98. The van der Waals surface area contributed by atoms with E-state index in [2.05, 4.69) is 49.0 Å². The molecule has 0 aliphatic heterocycles. The van der Waals surface area contributed by atoms with Gasteiger partial charge in [0.25, 0.3) is 0 Å². The van der Waals surface area contributed by atoms with Crippen LogP contribution in [0.25, 0.3) is 0 Å². The van der Waals surface area contributed by atoms with Crippen LogP contribution in [0, 0.1) is 0 Å². The molecule has 0 aliphatic carbocycles. The Morgan fingerprint density at radius 1 is 0.382 bits per heavy atom. The second-order valence-corrected chi connectivity index (χ2v) is 13.8. The Kier molecular flexibility index (Phi) is 36.4. The standard InChI is InChI=1S/C28H63N2S.3HI/c1-8-11-22-29(4,5)24-18-14-16-20-27-31(26-13-10-3)28-21-17-15-19-25-30(6,7)23-12-9-2;;;/h8-28H2,1-7H3;3*1H/q+3;;;/p-3. The molecule has 0 radical (unpaired) electrons. The minimum atomic E-state index is 0. The van der Waals surface area contributed by atoms with Gasteiger partial charge in [0, 0.05) is 0 Å². The third-order valence-electron chi connectivity index (χ3n) is 6.91. The lowest BCUT2D eigenvalue weighted by molar-refractivity contribution is -0.890. The highest BCUT2D eigenvalue weighted by atomic mass is 127. The van der Waals surface area contributed by atoms with Crippen LogP contribution in [-0.2, 0) is 10.9 Å². The largest absolute Gasteiger partial charge is 1.00 e. The molecule has 6 heteroatoms. The first-order chi connectivity index (χ1) is 14.8. The summed E-state index contributed by atoms with van der Waals surface area (Å²) in [5, 5.41) is 0. The van der Waals surface area contributed by atoms with E-state index in [1.807, 2.05) is 0 Å². The lowest BCUT2D eigenvalue weighted by atomic mass is 10.2. The van der Waals surface area contributed by atoms with Crippen LogP contribution in [0.2, 0.25) is 0 Å². The van der Waals surface area contributed by atoms with Crippen LogP contribution in [0.1, 0.15) is 111 Å². The van der Waals surface area contributed by atoms with Crippen molar-refractivity contribution >= 4 is 10.9 Å². The number of unbranched alkanes of at least 4 members (excludes halogenated alkanes) is 9. The average Bonchev–Trinajstić information content (AvgIpc) is 2.73. The molecular formula is C28H63I3N2S. The fraction of sp³-hybridized carbons (Fsp3) is 1.00. The molecule has 0 aromatic carbocycles. The van der Waals surface area contributed by atoms with Crippen LogP contribution in [0.4, 0.5) is 0 Å². The van der Waals surface area contributed by atoms with Gasteiger partial charge in [0.1, 0.15) is 17.3 Å². The highest BCUT2D eigenvalue weighted by molar-refractivity contribution is 7.96. The molecular weight excluding hydrogens is 777 g/mol. The number of halogens is 3. The predicted molar refractivity (Wildman–Crippen MR) is 147 cm³/mol. The Morgan fingerprint density at radius 2 is 0.676 bits per heavy atom. The zero-order chi connectivity index (χ0) is 23.4. The van der Waals surface area contributed by atoms with Crippen LogP contribution in [0.15, 0.2) is 0 Å². The summed E-state index contributed by atoms with van der Waals surface area (Å²) in [6, 6.07) is 0. The molecule has 34 heavy (non-hydrogen) atoms. The third kappa shape index (κ3) is 29.0. The van der Waals surface area contributed by atoms with Crippen molar-refractivity contribution < 1.29 is 80.9 Å². The van der Waals surface area contributed by atoms with Crippen molar-refractivity contribution in [3.63, 3.8) is 0 Å². The summed E-state index contributed by atoms with van der Waals surface area (Å²) >= 11 is 0. The Bertz CT molecular complexity index is 364. The topological polar surface area (TPSA) is 0 Å². The van der Waals surface area contributed by atoms with Crippen molar-refractivity contribution in [3.05, 3.63) is 0 Å². The second kappa shape index (κ2) is 28.5. The first-order valence-corrected chi connectivity index (χ1v) is 15.8. The molecule has 0 aliphatic rings. The first-order valence-electron chi connectivity index (χ1n) is 14.0. The summed E-state index contributed by atoms with van der Waals surface area (Å²) in [5.41, 5.74) is 0. The highest BCUT2D eigenvalue weighted by Gasteiger charge is 2.18. The molecule has 0 amide bonds. The normalized spacial score (nSPS) is 11.6. The number of rotatable bonds is 23. The molecule has 0 saturated heterocycles. The van der Waals surface area contributed by atoms with Crippen molar-refractivity contribution in [1.82, 2.24) is 0 Å². The molecule has 0 aromatic heterocycles. The Labute approximate surface area is 271 Å². The van der Waals surface area contributed by atoms with E-state index in [0.717, 1.165) is 0 Å². The van der Waals surface area contributed by atoms with Gasteiger partial charge in [0.05, 0.1) is 54.4 Å². The fourth-order valence-electron chi connectivity index (χ4n) is 4.45. The summed E-state index contributed by atoms with van der Waals surface area (Å²) in [4.78, 5) is 0. The van der Waals surface area contributed by atoms with E-state index in [-0.39, 0.29) is 71.9 Å². The van der Waals surface area contributed by atoms with E-state index in [1.165, 1.54) is 142 Å². The van der Waals surface area contributed by atoms with Gasteiger partial charge in [-0.25, -0.2) is 0 Å². The highest BCUT2D eigenvalue weighted by Crippen LogP contribution is 2.14. The molecule has 2 nitrogen and oxygen atoms in total. The summed E-state index contributed by atoms with van der Waals surface area (Å²) in [5.74, 6) is 4.56. The first kappa shape index (κ1) is 43.5. The molecule has 0 unspecified atom stereocenters. The molecule has 0 aromatic rings. The van der Waals surface area contributed by atoms with E-state index >= 15 is 0 Å². The lowest BCUT2D eigenvalue weighted by Crippen LogP contribution is -3.00. The van der Waals surface area contributed by atoms with E-state index in [4.69, 9.17) is 0 Å². The van der Waals surface area contributed by atoms with Gasteiger partial charge < -0.3 is 80.9 Å². The summed E-state index contributed by atoms with van der Waals surface area (Å²) < 4.78 is 2.45. The van der Waals surface area contributed by atoms with Crippen molar-refractivity contribution in [2.24, 2.45) is 0 Å². The molecule has 0 spiro atoms. The van der Waals surface area contributed by atoms with Crippen molar-refractivity contribution in [1.29, 1.82) is 0 Å². The Hall–Kier alpha value is 2.46. The van der Waals surface area contributed by atoms with Crippen LogP contribution in [0.3, 0.4) is 0 Å². The maximum absolute atomic E-state index is 2.42. The molecule has 0 rings (SSSR count). The Balaban J connectivity index is -0.00000150. The molecule has 0 bridgehead atoms. The van der Waals surface area contributed by atoms with Gasteiger partial charge in [-0.3, -0.25) is 0 Å². The quantitative estimate of drug-likeness (QED) is 0.0499. The van der Waals surface area contributed by atoms with Crippen LogP contribution >= 0.6 is 0 Å². The van der Waals surface area contributed by atoms with E-state index in [9.17, 15) is 0 Å². The number of quaternary nitrogens is 2. The van der Waals surface area contributed by atoms with Crippen molar-refractivity contribution in [3.8, 4) is 0 Å². The van der Waals surface area contributed by atoms with E-state index in [0.29, 0.717) is 10.9 Å². The van der Waals surface area contributed by atoms with Crippen LogP contribution < -0.4 is 71.9 Å². The third-order valence-corrected chi connectivity index (χ3v) is 9.51.